The van der Waals surface area contributed by atoms with Crippen molar-refractivity contribution < 1.29 is 9.53 Å². The van der Waals surface area contributed by atoms with Crippen LogP contribution in [0.25, 0.3) is 0 Å². The molecular formula is C22H22N4O2. The molecule has 1 amide bonds. The number of methoxy groups -OCH3 is 1. The molecule has 1 N–H and O–H groups in total. The second-order valence-electron chi connectivity index (χ2n) is 6.83. The average molecular weight is 374 g/mol. The van der Waals surface area contributed by atoms with E-state index in [0.717, 1.165) is 36.8 Å². The van der Waals surface area contributed by atoms with Crippen molar-refractivity contribution in [1.82, 2.24) is 9.97 Å². The summed E-state index contributed by atoms with van der Waals surface area (Å²) < 4.78 is 5.31. The van der Waals surface area contributed by atoms with Gasteiger partial charge in [-0.2, -0.15) is 0 Å². The van der Waals surface area contributed by atoms with Gasteiger partial charge in [-0.25, -0.2) is 9.97 Å². The number of nitrogens with zero attached hydrogens (tertiary/aromatic N) is 3. The fraction of sp³-hybridized carbons (Fsp3) is 0.227. The molecular weight excluding hydrogens is 352 g/mol. The lowest BCUT2D eigenvalue weighted by Crippen LogP contribution is -2.31. The summed E-state index contributed by atoms with van der Waals surface area (Å²) in [5.74, 6) is 2.08. The topological polar surface area (TPSA) is 67.3 Å². The zero-order valence-electron chi connectivity index (χ0n) is 16.0. The van der Waals surface area contributed by atoms with E-state index in [-0.39, 0.29) is 5.91 Å². The van der Waals surface area contributed by atoms with Crippen LogP contribution < -0.4 is 15.0 Å². The van der Waals surface area contributed by atoms with Crippen LogP contribution in [0.1, 0.15) is 27.2 Å². The van der Waals surface area contributed by atoms with Gasteiger partial charge < -0.3 is 15.0 Å². The maximum absolute atomic E-state index is 12.4. The van der Waals surface area contributed by atoms with E-state index in [1.54, 1.807) is 25.4 Å². The van der Waals surface area contributed by atoms with Gasteiger partial charge in [0, 0.05) is 25.0 Å². The molecule has 1 aliphatic rings. The van der Waals surface area contributed by atoms with Crippen molar-refractivity contribution in [1.29, 1.82) is 0 Å². The molecule has 6 nitrogen and oxygen atoms in total. The summed E-state index contributed by atoms with van der Waals surface area (Å²) in [6.45, 7) is 3.57. The molecule has 1 aliphatic heterocycles. The monoisotopic (exact) mass is 374 g/mol. The van der Waals surface area contributed by atoms with Crippen molar-refractivity contribution in [2.75, 3.05) is 23.9 Å². The number of hydrogen-bond acceptors (Lipinski definition) is 5. The van der Waals surface area contributed by atoms with Gasteiger partial charge in [0.1, 0.15) is 17.4 Å². The lowest BCUT2D eigenvalue weighted by Gasteiger charge is -2.30. The predicted octanol–water partition coefficient (Wildman–Crippen LogP) is 3.61. The second-order valence-corrected chi connectivity index (χ2v) is 6.83. The highest BCUT2D eigenvalue weighted by molar-refractivity contribution is 6.03. The van der Waals surface area contributed by atoms with Gasteiger partial charge in [-0.15, -0.1) is 0 Å². The third kappa shape index (κ3) is 3.81. The Kier molecular flexibility index (Phi) is 4.93. The number of ether oxygens (including phenoxy) is 1. The lowest BCUT2D eigenvalue weighted by molar-refractivity contribution is 0.102. The number of anilines is 2. The Hall–Kier alpha value is -3.41. The highest BCUT2D eigenvalue weighted by atomic mass is 16.5. The van der Waals surface area contributed by atoms with Crippen LogP contribution in [0.3, 0.4) is 0 Å². The van der Waals surface area contributed by atoms with Crippen LogP contribution in [0.15, 0.2) is 54.7 Å². The van der Waals surface area contributed by atoms with Crippen LogP contribution in [0.4, 0.5) is 11.6 Å². The smallest absolute Gasteiger partial charge is 0.258 e. The first kappa shape index (κ1) is 18.0. The Morgan fingerprint density at radius 3 is 2.79 bits per heavy atom. The van der Waals surface area contributed by atoms with Crippen LogP contribution in [-0.2, 0) is 13.0 Å². The highest BCUT2D eigenvalue weighted by Crippen LogP contribution is 2.26. The minimum absolute atomic E-state index is 0.215. The number of pyridine rings is 2. The fourth-order valence-electron chi connectivity index (χ4n) is 3.36. The summed E-state index contributed by atoms with van der Waals surface area (Å²) in [6.07, 6.45) is 2.56. The third-order valence-electron chi connectivity index (χ3n) is 4.89. The van der Waals surface area contributed by atoms with Crippen LogP contribution >= 0.6 is 0 Å². The molecule has 0 saturated carbocycles. The summed E-state index contributed by atoms with van der Waals surface area (Å²) in [4.78, 5) is 23.4. The van der Waals surface area contributed by atoms with E-state index >= 15 is 0 Å². The summed E-state index contributed by atoms with van der Waals surface area (Å²) in [5, 5.41) is 2.81. The van der Waals surface area contributed by atoms with E-state index in [0.29, 0.717) is 11.4 Å². The maximum atomic E-state index is 12.4. The molecule has 0 unspecified atom stereocenters. The summed E-state index contributed by atoms with van der Waals surface area (Å²) >= 11 is 0. The molecule has 3 heterocycles. The number of aromatic nitrogens is 2. The molecule has 0 radical (unpaired) electrons. The number of benzene rings is 1. The van der Waals surface area contributed by atoms with Crippen LogP contribution in [0.2, 0.25) is 0 Å². The Morgan fingerprint density at radius 1 is 1.14 bits per heavy atom. The Bertz CT molecular complexity index is 1000. The quantitative estimate of drug-likeness (QED) is 0.756. The molecule has 2 aromatic heterocycles. The van der Waals surface area contributed by atoms with Crippen LogP contribution in [-0.4, -0.2) is 29.5 Å². The van der Waals surface area contributed by atoms with Crippen molar-refractivity contribution in [3.8, 4) is 5.75 Å². The van der Waals surface area contributed by atoms with Gasteiger partial charge in [-0.1, -0.05) is 12.1 Å². The van der Waals surface area contributed by atoms with E-state index in [9.17, 15) is 4.79 Å². The maximum Gasteiger partial charge on any atom is 0.258 e. The Balaban J connectivity index is 1.45. The van der Waals surface area contributed by atoms with E-state index in [1.807, 2.05) is 31.2 Å². The number of carbonyl (C=O) groups excluding carboxylic acids is 1. The highest BCUT2D eigenvalue weighted by Gasteiger charge is 2.18. The van der Waals surface area contributed by atoms with Gasteiger partial charge >= 0.3 is 0 Å². The molecule has 0 bridgehead atoms. The first-order valence-corrected chi connectivity index (χ1v) is 9.24. The fourth-order valence-corrected chi connectivity index (χ4v) is 3.36. The SMILES string of the molecule is COc1ccc2c(c1)CCN(c1ccc(C(=O)Nc3cccc(C)n3)cn1)C2. The van der Waals surface area contributed by atoms with Crippen molar-refractivity contribution >= 4 is 17.5 Å². The van der Waals surface area contributed by atoms with Crippen LogP contribution in [0.5, 0.6) is 5.75 Å². The number of aryl methyl sites for hydroxylation is 1. The minimum atomic E-state index is -0.215. The molecule has 0 aliphatic carbocycles. The van der Waals surface area contributed by atoms with Crippen molar-refractivity contribution in [3.63, 3.8) is 0 Å². The van der Waals surface area contributed by atoms with Crippen LogP contribution in [0, 0.1) is 6.92 Å². The molecule has 6 heteroatoms. The Morgan fingerprint density at radius 2 is 2.04 bits per heavy atom. The normalized spacial score (nSPS) is 13.0. The molecule has 28 heavy (non-hydrogen) atoms. The van der Waals surface area contributed by atoms with Crippen molar-refractivity contribution in [2.45, 2.75) is 19.9 Å². The second kappa shape index (κ2) is 7.68. The van der Waals surface area contributed by atoms with Gasteiger partial charge in [0.05, 0.1) is 12.7 Å². The molecule has 1 aromatic carbocycles. The number of rotatable bonds is 4. The van der Waals surface area contributed by atoms with Gasteiger partial charge in [0.2, 0.25) is 0 Å². The van der Waals surface area contributed by atoms with Gasteiger partial charge in [0.15, 0.2) is 0 Å². The summed E-state index contributed by atoms with van der Waals surface area (Å²) in [6, 6.07) is 15.4. The molecule has 0 spiro atoms. The first-order valence-electron chi connectivity index (χ1n) is 9.24. The zero-order valence-corrected chi connectivity index (χ0v) is 16.0. The van der Waals surface area contributed by atoms with E-state index in [4.69, 9.17) is 4.74 Å². The number of amides is 1. The van der Waals surface area contributed by atoms with E-state index < -0.39 is 0 Å². The van der Waals surface area contributed by atoms with Gasteiger partial charge in [-0.3, -0.25) is 4.79 Å². The van der Waals surface area contributed by atoms with E-state index in [1.165, 1.54) is 11.1 Å². The molecule has 4 rings (SSSR count). The molecule has 0 fully saturated rings. The first-order chi connectivity index (χ1) is 13.6. The molecule has 3 aromatic rings. The Labute approximate surface area is 164 Å². The average Bonchev–Trinajstić information content (AvgIpc) is 2.73. The zero-order chi connectivity index (χ0) is 19.5. The van der Waals surface area contributed by atoms with Crippen molar-refractivity contribution in [3.05, 3.63) is 77.1 Å². The standard InChI is InChI=1S/C22H22N4O2/c1-15-4-3-5-20(24-15)25-22(27)17-7-9-21(23-13-17)26-11-10-16-12-19(28-2)8-6-18(16)14-26/h3-9,12-13H,10-11,14H2,1-2H3,(H,24,25,27). The number of nitrogens with one attached hydrogen (secondary N) is 1. The molecule has 142 valence electrons. The number of fused-ring (bicyclic) bond motifs is 1. The predicted molar refractivity (Wildman–Crippen MR) is 109 cm³/mol. The van der Waals surface area contributed by atoms with Gasteiger partial charge in [0.25, 0.3) is 5.91 Å². The number of carbonyl (C=O) groups is 1. The minimum Gasteiger partial charge on any atom is -0.497 e. The third-order valence-corrected chi connectivity index (χ3v) is 4.89. The lowest BCUT2D eigenvalue weighted by atomic mass is 9.99. The van der Waals surface area contributed by atoms with Crippen molar-refractivity contribution in [2.24, 2.45) is 0 Å². The summed E-state index contributed by atoms with van der Waals surface area (Å²) in [5.41, 5.74) is 3.96. The largest absolute Gasteiger partial charge is 0.497 e. The summed E-state index contributed by atoms with van der Waals surface area (Å²) in [7, 11) is 1.69. The van der Waals surface area contributed by atoms with Gasteiger partial charge in [-0.05, 0) is 60.9 Å². The molecule has 0 atom stereocenters. The molecule has 0 saturated heterocycles. The van der Waals surface area contributed by atoms with E-state index in [2.05, 4.69) is 32.3 Å². The number of hydrogen-bond donors (Lipinski definition) is 1.